The first-order valence-electron chi connectivity index (χ1n) is 14.3. The molecule has 1 aliphatic carbocycles. The summed E-state index contributed by atoms with van der Waals surface area (Å²) in [6.45, 7) is -2.81. The number of nitrogens with one attached hydrogen (secondary N) is 1. The van der Waals surface area contributed by atoms with Crippen LogP contribution in [0.5, 0.6) is 5.75 Å². The second kappa shape index (κ2) is 11.4. The van der Waals surface area contributed by atoms with E-state index in [4.69, 9.17) is 15.2 Å². The molecule has 0 unspecified atom stereocenters. The molecule has 1 aromatic carbocycles. The molecule has 4 aliphatic rings. The Morgan fingerprint density at radius 2 is 1.93 bits per heavy atom. The molecule has 1 fully saturated rings. The van der Waals surface area contributed by atoms with Crippen molar-refractivity contribution in [1.29, 1.82) is 0 Å². The molecular formula is C32H30F4N4O5. The number of nitrogens with two attached hydrogens (primary N) is 1. The van der Waals surface area contributed by atoms with E-state index in [0.29, 0.717) is 11.7 Å². The van der Waals surface area contributed by atoms with E-state index in [9.17, 15) is 19.1 Å². The smallest absolute Gasteiger partial charge is 0.403 e. The summed E-state index contributed by atoms with van der Waals surface area (Å²) >= 11 is 0. The van der Waals surface area contributed by atoms with Gasteiger partial charge in [0.2, 0.25) is 5.91 Å². The van der Waals surface area contributed by atoms with E-state index in [1.54, 1.807) is 4.90 Å². The van der Waals surface area contributed by atoms with Gasteiger partial charge in [-0.25, -0.2) is 9.37 Å². The zero-order valence-electron chi connectivity index (χ0n) is 24.2. The van der Waals surface area contributed by atoms with E-state index >= 15 is 13.2 Å². The Morgan fingerprint density at radius 1 is 1.20 bits per heavy atom. The Hall–Kier alpha value is -4.65. The maximum Gasteiger partial charge on any atom is 0.403 e. The number of alkyl halides is 3. The normalized spacial score (nSPS) is 20.4. The summed E-state index contributed by atoms with van der Waals surface area (Å²) in [7, 11) is 1.44. The number of hydrogen-bond acceptors (Lipinski definition) is 7. The molecule has 0 radical (unpaired) electrons. The van der Waals surface area contributed by atoms with E-state index in [-0.39, 0.29) is 34.8 Å². The zero-order chi connectivity index (χ0) is 32.1. The van der Waals surface area contributed by atoms with Gasteiger partial charge in [0.05, 0.1) is 30.7 Å². The number of ether oxygens (including phenoxy) is 2. The number of allylic oxidation sites excluding steroid dienone is 2. The van der Waals surface area contributed by atoms with Gasteiger partial charge in [-0.3, -0.25) is 9.59 Å². The third kappa shape index (κ3) is 5.45. The summed E-state index contributed by atoms with van der Waals surface area (Å²) in [6, 6.07) is 5.84. The lowest BCUT2D eigenvalue weighted by Crippen LogP contribution is -2.54. The van der Waals surface area contributed by atoms with Crippen LogP contribution in [0.25, 0.3) is 11.3 Å². The fourth-order valence-corrected chi connectivity index (χ4v) is 5.77. The molecule has 13 heteroatoms. The highest BCUT2D eigenvalue weighted by atomic mass is 19.4. The maximum absolute atomic E-state index is 15.0. The number of aromatic nitrogens is 1. The molecule has 0 bridgehead atoms. The standard InChI is InChI=1S/C32H30F4N4O5/c1-44-25-10-20(13-40-12-19(17-2-3-17)6-9-24(25)40)30(43)38-15-31(16-41,32(34,35)36)26-11-22-23(29(37)42)14-45-28(22)27(39-26)18-4-7-21(33)8-5-18/h4-5,7-13,17,23,41H,2-3,6,14-16H2,1H3,(H2,37,42)(H,38,43)/t23-,31+/m1/s1. The van der Waals surface area contributed by atoms with E-state index in [0.717, 1.165) is 43.2 Å². The molecule has 3 aliphatic heterocycles. The van der Waals surface area contributed by atoms with Gasteiger partial charge in [-0.05, 0) is 67.2 Å². The quantitative estimate of drug-likeness (QED) is 0.359. The Kier molecular flexibility index (Phi) is 7.67. The minimum Gasteiger partial charge on any atom is -0.495 e. The van der Waals surface area contributed by atoms with E-state index in [1.165, 1.54) is 37.1 Å². The Labute approximate surface area is 255 Å². The highest BCUT2D eigenvalue weighted by Crippen LogP contribution is 2.47. The fourth-order valence-electron chi connectivity index (χ4n) is 5.77. The number of rotatable bonds is 9. The summed E-state index contributed by atoms with van der Waals surface area (Å²) in [5, 5.41) is 12.7. The molecule has 1 saturated carbocycles. The molecule has 2 atom stereocenters. The summed E-state index contributed by atoms with van der Waals surface area (Å²) in [5.74, 6) is -2.47. The largest absolute Gasteiger partial charge is 0.495 e. The van der Waals surface area contributed by atoms with Gasteiger partial charge in [0.25, 0.3) is 5.91 Å². The van der Waals surface area contributed by atoms with Gasteiger partial charge >= 0.3 is 6.18 Å². The van der Waals surface area contributed by atoms with Gasteiger partial charge in [0.15, 0.2) is 0 Å². The molecule has 236 valence electrons. The Bertz CT molecular complexity index is 1680. The number of primary amides is 1. The molecule has 4 N–H and O–H groups in total. The van der Waals surface area contributed by atoms with Gasteiger partial charge in [-0.2, -0.15) is 13.2 Å². The SMILES string of the molecule is COC1=CC(C(=O)NC[C@](CO)(c2cc3c(c(-c4ccc(F)cc4)n2)OC[C@H]3C(N)=O)C(F)(F)F)=CN2C=C(C3CC3)CC=C12. The Morgan fingerprint density at radius 3 is 2.56 bits per heavy atom. The first-order chi connectivity index (χ1) is 21.5. The van der Waals surface area contributed by atoms with Crippen molar-refractivity contribution in [2.45, 2.75) is 36.8 Å². The highest BCUT2D eigenvalue weighted by Gasteiger charge is 2.58. The molecular weight excluding hydrogens is 596 g/mol. The lowest BCUT2D eigenvalue weighted by atomic mass is 9.81. The summed E-state index contributed by atoms with van der Waals surface area (Å²) < 4.78 is 69.8. The van der Waals surface area contributed by atoms with Crippen LogP contribution in [-0.2, 0) is 19.7 Å². The van der Waals surface area contributed by atoms with Crippen molar-refractivity contribution in [1.82, 2.24) is 15.2 Å². The number of fused-ring (bicyclic) bond motifs is 2. The number of carbonyl (C=O) groups excluding carboxylic acids is 2. The summed E-state index contributed by atoms with van der Waals surface area (Å²) in [4.78, 5) is 31.6. The number of amides is 2. The lowest BCUT2D eigenvalue weighted by molar-refractivity contribution is -0.200. The van der Waals surface area contributed by atoms with Gasteiger partial charge in [-0.1, -0.05) is 6.08 Å². The third-order valence-electron chi connectivity index (χ3n) is 8.60. The number of benzene rings is 1. The topological polar surface area (TPSA) is 127 Å². The number of aliphatic hydroxyl groups excluding tert-OH is 1. The van der Waals surface area contributed by atoms with Crippen molar-refractivity contribution < 1.29 is 41.7 Å². The number of methoxy groups -OCH3 is 1. The van der Waals surface area contributed by atoms with Gasteiger partial charge < -0.3 is 30.5 Å². The summed E-state index contributed by atoms with van der Waals surface area (Å²) in [5.41, 5.74) is 3.88. The van der Waals surface area contributed by atoms with Crippen LogP contribution in [-0.4, -0.2) is 59.8 Å². The number of carbonyl (C=O) groups is 2. The average Bonchev–Trinajstić information content (AvgIpc) is 3.78. The van der Waals surface area contributed by atoms with Crippen LogP contribution < -0.4 is 15.8 Å². The second-order valence-electron chi connectivity index (χ2n) is 11.4. The van der Waals surface area contributed by atoms with Crippen LogP contribution >= 0.6 is 0 Å². The van der Waals surface area contributed by atoms with Crippen LogP contribution in [0.1, 0.15) is 36.4 Å². The molecule has 0 saturated heterocycles. The van der Waals surface area contributed by atoms with Crippen molar-refractivity contribution >= 4 is 11.8 Å². The van der Waals surface area contributed by atoms with Crippen molar-refractivity contribution in [2.75, 3.05) is 26.9 Å². The number of halogens is 4. The predicted molar refractivity (Wildman–Crippen MR) is 153 cm³/mol. The van der Waals surface area contributed by atoms with Crippen LogP contribution in [0.2, 0.25) is 0 Å². The monoisotopic (exact) mass is 626 g/mol. The van der Waals surface area contributed by atoms with Gasteiger partial charge in [0.1, 0.15) is 41.0 Å². The van der Waals surface area contributed by atoms with Crippen LogP contribution in [0.15, 0.2) is 77.5 Å². The summed E-state index contributed by atoms with van der Waals surface area (Å²) in [6.07, 6.45) is 4.65. The average molecular weight is 627 g/mol. The zero-order valence-corrected chi connectivity index (χ0v) is 24.2. The predicted octanol–water partition coefficient (Wildman–Crippen LogP) is 4.07. The highest BCUT2D eigenvalue weighted by molar-refractivity contribution is 5.97. The van der Waals surface area contributed by atoms with Crippen LogP contribution in [0, 0.1) is 11.7 Å². The van der Waals surface area contributed by atoms with Crippen LogP contribution in [0.4, 0.5) is 17.6 Å². The second-order valence-corrected chi connectivity index (χ2v) is 11.4. The number of nitrogens with zero attached hydrogens (tertiary/aromatic N) is 2. The number of pyridine rings is 1. The molecule has 2 aromatic rings. The minimum absolute atomic E-state index is 0.0285. The van der Waals surface area contributed by atoms with Gasteiger partial charge in [0, 0.05) is 30.1 Å². The molecule has 0 spiro atoms. The third-order valence-corrected chi connectivity index (χ3v) is 8.60. The number of aliphatic hydroxyl groups is 1. The number of hydrogen-bond donors (Lipinski definition) is 3. The lowest BCUT2D eigenvalue weighted by Gasteiger charge is -2.35. The van der Waals surface area contributed by atoms with Gasteiger partial charge in [-0.15, -0.1) is 0 Å². The van der Waals surface area contributed by atoms with Crippen molar-refractivity contribution in [3.05, 3.63) is 94.6 Å². The molecule has 6 rings (SSSR count). The fraction of sp³-hybridized carbons (Fsp3) is 0.344. The molecule has 2 amide bonds. The van der Waals surface area contributed by atoms with E-state index < -0.39 is 54.0 Å². The molecule has 9 nitrogen and oxygen atoms in total. The first-order valence-corrected chi connectivity index (χ1v) is 14.3. The van der Waals surface area contributed by atoms with Crippen molar-refractivity contribution in [2.24, 2.45) is 11.7 Å². The van der Waals surface area contributed by atoms with E-state index in [2.05, 4.69) is 10.3 Å². The molecule has 45 heavy (non-hydrogen) atoms. The van der Waals surface area contributed by atoms with Crippen molar-refractivity contribution in [3.63, 3.8) is 0 Å². The van der Waals surface area contributed by atoms with Crippen LogP contribution in [0.3, 0.4) is 0 Å². The first kappa shape index (κ1) is 30.4. The Balaban J connectivity index is 1.37. The molecule has 4 heterocycles. The van der Waals surface area contributed by atoms with E-state index in [1.807, 2.05) is 12.3 Å². The van der Waals surface area contributed by atoms with Crippen molar-refractivity contribution in [3.8, 4) is 17.0 Å². The molecule has 1 aromatic heterocycles. The minimum atomic E-state index is -5.13. The maximum atomic E-state index is 15.0.